The van der Waals surface area contributed by atoms with Crippen molar-refractivity contribution in [2.75, 3.05) is 23.0 Å². The lowest BCUT2D eigenvalue weighted by atomic mass is 9.83. The minimum atomic E-state index is -0.826. The Hall–Kier alpha value is -5.50. The molecule has 0 atom stereocenters. The summed E-state index contributed by atoms with van der Waals surface area (Å²) in [7, 11) is 0. The van der Waals surface area contributed by atoms with E-state index in [4.69, 9.17) is 9.47 Å². The maximum absolute atomic E-state index is 14.5. The Morgan fingerprint density at radius 3 is 1.58 bits per heavy atom. The summed E-state index contributed by atoms with van der Waals surface area (Å²) in [4.78, 5) is 57.4. The van der Waals surface area contributed by atoms with E-state index < -0.39 is 12.2 Å². The molecule has 0 unspecified atom stereocenters. The van der Waals surface area contributed by atoms with E-state index in [1.54, 1.807) is 19.9 Å². The van der Waals surface area contributed by atoms with Crippen molar-refractivity contribution in [1.29, 1.82) is 0 Å². The fourth-order valence-electron chi connectivity index (χ4n) is 7.29. The molecule has 4 amide bonds. The van der Waals surface area contributed by atoms with Gasteiger partial charge in [0.2, 0.25) is 0 Å². The summed E-state index contributed by atoms with van der Waals surface area (Å²) < 4.78 is 10.5. The van der Waals surface area contributed by atoms with Crippen LogP contribution in [0, 0.1) is 0 Å². The molecule has 1 aliphatic rings. The summed E-state index contributed by atoms with van der Waals surface area (Å²) >= 11 is 0. The Morgan fingerprint density at radius 2 is 1.06 bits per heavy atom. The van der Waals surface area contributed by atoms with Crippen LogP contribution < -0.4 is 9.80 Å². The van der Waals surface area contributed by atoms with Crippen molar-refractivity contribution in [3.63, 3.8) is 0 Å². The van der Waals surface area contributed by atoms with Gasteiger partial charge in [0.25, 0.3) is 11.8 Å². The monoisotopic (exact) mass is 640 g/mol. The molecule has 0 fully saturated rings. The lowest BCUT2D eigenvalue weighted by Gasteiger charge is -2.32. The third-order valence-electron chi connectivity index (χ3n) is 9.33. The molecule has 8 nitrogen and oxygen atoms in total. The van der Waals surface area contributed by atoms with E-state index in [1.165, 1.54) is 4.90 Å². The number of imide groups is 2. The third-order valence-corrected chi connectivity index (χ3v) is 9.33. The molecule has 0 saturated carbocycles. The lowest BCUT2D eigenvalue weighted by molar-refractivity contribution is 0.0892. The Kier molecular flexibility index (Phi) is 7.54. The van der Waals surface area contributed by atoms with E-state index in [1.807, 2.05) is 66.7 Å². The first kappa shape index (κ1) is 31.1. The van der Waals surface area contributed by atoms with Gasteiger partial charge in [0, 0.05) is 21.9 Å². The van der Waals surface area contributed by atoms with Gasteiger partial charge in [-0.15, -0.1) is 0 Å². The SMILES string of the molecule is CCOC(=O)N(C(=O)OCC)c1ccc2c3ccc4c5c(ccc(c6cccc1c62)c53)C(=O)N(c1c(C(C)C)cccc1C(C)C)C4=O. The summed E-state index contributed by atoms with van der Waals surface area (Å²) in [6.45, 7) is 11.8. The van der Waals surface area contributed by atoms with Crippen molar-refractivity contribution < 1.29 is 28.7 Å². The van der Waals surface area contributed by atoms with Crippen LogP contribution in [0.2, 0.25) is 0 Å². The summed E-state index contributed by atoms with van der Waals surface area (Å²) in [5, 5.41) is 6.41. The van der Waals surface area contributed by atoms with Crippen molar-refractivity contribution in [3.8, 4) is 0 Å². The molecule has 1 heterocycles. The minimum Gasteiger partial charge on any atom is -0.449 e. The molecule has 0 radical (unpaired) electrons. The summed E-state index contributed by atoms with van der Waals surface area (Å²) in [5.41, 5.74) is 3.86. The smallest absolute Gasteiger partial charge is 0.424 e. The van der Waals surface area contributed by atoms with Crippen LogP contribution in [0.4, 0.5) is 21.0 Å². The van der Waals surface area contributed by atoms with Crippen LogP contribution in [0.15, 0.2) is 72.8 Å². The molecule has 48 heavy (non-hydrogen) atoms. The number of para-hydroxylation sites is 1. The zero-order valence-electron chi connectivity index (χ0n) is 27.8. The lowest BCUT2D eigenvalue weighted by Crippen LogP contribution is -2.41. The summed E-state index contributed by atoms with van der Waals surface area (Å²) in [5.74, 6) is -0.488. The molecular weight excluding hydrogens is 604 g/mol. The van der Waals surface area contributed by atoms with Crippen LogP contribution in [0.3, 0.4) is 0 Å². The van der Waals surface area contributed by atoms with E-state index >= 15 is 0 Å². The maximum atomic E-state index is 14.5. The van der Waals surface area contributed by atoms with Gasteiger partial charge >= 0.3 is 12.2 Å². The van der Waals surface area contributed by atoms with Crippen molar-refractivity contribution in [1.82, 2.24) is 0 Å². The molecule has 0 N–H and O–H groups in total. The molecule has 0 aliphatic carbocycles. The molecule has 0 spiro atoms. The van der Waals surface area contributed by atoms with Gasteiger partial charge in [-0.25, -0.2) is 14.5 Å². The first-order chi connectivity index (χ1) is 23.1. The molecule has 6 aromatic carbocycles. The van der Waals surface area contributed by atoms with Crippen LogP contribution in [-0.2, 0) is 9.47 Å². The average Bonchev–Trinajstić information content (AvgIpc) is 3.07. The van der Waals surface area contributed by atoms with E-state index in [2.05, 4.69) is 27.7 Å². The molecule has 0 saturated heterocycles. The molecular formula is C40H36N2O6. The molecule has 8 heteroatoms. The summed E-state index contributed by atoms with van der Waals surface area (Å²) in [6, 6.07) is 22.8. The number of nitrogens with zero attached hydrogens (tertiary/aromatic N) is 2. The van der Waals surface area contributed by atoms with E-state index in [0.717, 1.165) is 48.3 Å². The largest absolute Gasteiger partial charge is 0.449 e. The summed E-state index contributed by atoms with van der Waals surface area (Å²) in [6.07, 6.45) is -1.65. The molecule has 6 aromatic rings. The molecule has 7 rings (SSSR count). The number of anilines is 2. The third kappa shape index (κ3) is 4.43. The number of rotatable bonds is 6. The zero-order valence-corrected chi connectivity index (χ0v) is 27.8. The topological polar surface area (TPSA) is 93.2 Å². The van der Waals surface area contributed by atoms with Crippen molar-refractivity contribution in [2.24, 2.45) is 0 Å². The Bertz CT molecular complexity index is 2210. The van der Waals surface area contributed by atoms with Crippen LogP contribution in [0.1, 0.15) is 85.2 Å². The molecule has 0 aromatic heterocycles. The molecule has 1 aliphatic heterocycles. The van der Waals surface area contributed by atoms with Crippen LogP contribution in [-0.4, -0.2) is 37.2 Å². The number of fused-ring (bicyclic) bond motifs is 2. The van der Waals surface area contributed by atoms with Gasteiger partial charge in [0.1, 0.15) is 0 Å². The van der Waals surface area contributed by atoms with Crippen molar-refractivity contribution >= 4 is 78.5 Å². The fraction of sp³-hybridized carbons (Fsp3) is 0.250. The second-order valence-corrected chi connectivity index (χ2v) is 12.7. The number of benzene rings is 6. The van der Waals surface area contributed by atoms with Gasteiger partial charge in [0.05, 0.1) is 24.6 Å². The number of amides is 4. The van der Waals surface area contributed by atoms with E-state index in [9.17, 15) is 19.2 Å². The van der Waals surface area contributed by atoms with Gasteiger partial charge < -0.3 is 9.47 Å². The normalized spacial score (nSPS) is 13.1. The van der Waals surface area contributed by atoms with Gasteiger partial charge in [-0.3, -0.25) is 9.59 Å². The van der Waals surface area contributed by atoms with Gasteiger partial charge in [-0.05, 0) is 87.3 Å². The average molecular weight is 641 g/mol. The number of ether oxygens (including phenoxy) is 2. The highest BCUT2D eigenvalue weighted by Gasteiger charge is 2.38. The minimum absolute atomic E-state index is 0.0900. The Morgan fingerprint density at radius 1 is 0.604 bits per heavy atom. The number of carbonyl (C=O) groups is 4. The van der Waals surface area contributed by atoms with E-state index in [0.29, 0.717) is 33.3 Å². The predicted molar refractivity (Wildman–Crippen MR) is 190 cm³/mol. The first-order valence-electron chi connectivity index (χ1n) is 16.4. The second kappa shape index (κ2) is 11.6. The Balaban J connectivity index is 1.50. The molecule has 0 bridgehead atoms. The quantitative estimate of drug-likeness (QED) is 0.102. The highest BCUT2D eigenvalue weighted by atomic mass is 16.6. The Labute approximate surface area is 278 Å². The van der Waals surface area contributed by atoms with Crippen molar-refractivity contribution in [2.45, 2.75) is 53.4 Å². The molecule has 242 valence electrons. The van der Waals surface area contributed by atoms with Gasteiger partial charge in [-0.1, -0.05) is 82.3 Å². The van der Waals surface area contributed by atoms with E-state index in [-0.39, 0.29) is 36.9 Å². The fourth-order valence-corrected chi connectivity index (χ4v) is 7.29. The number of carbonyl (C=O) groups excluding carboxylic acids is 4. The number of hydrogen-bond acceptors (Lipinski definition) is 6. The zero-order chi connectivity index (χ0) is 34.0. The second-order valence-electron chi connectivity index (χ2n) is 12.7. The highest BCUT2D eigenvalue weighted by molar-refractivity contribution is 6.43. The van der Waals surface area contributed by atoms with Crippen LogP contribution in [0.25, 0.3) is 43.1 Å². The first-order valence-corrected chi connectivity index (χ1v) is 16.4. The maximum Gasteiger partial charge on any atom is 0.424 e. The van der Waals surface area contributed by atoms with Gasteiger partial charge in [0.15, 0.2) is 0 Å². The standard InChI is InChI=1S/C40H36N2O6/c1-7-47-39(45)41(40(46)48-8-2)32-20-19-26-28-16-18-31-35-30(17-15-27(34(28)35)25-13-10-14-29(32)33(25)26)37(43)42(38(31)44)36-23(21(3)4)11-9-12-24(36)22(5)6/h9-22H,7-8H2,1-6H3. The highest BCUT2D eigenvalue weighted by Crippen LogP contribution is 2.47. The number of hydrogen-bond donors (Lipinski definition) is 0. The van der Waals surface area contributed by atoms with Crippen molar-refractivity contribution in [3.05, 3.63) is 95.1 Å². The van der Waals surface area contributed by atoms with Crippen LogP contribution in [0.5, 0.6) is 0 Å². The predicted octanol–water partition coefficient (Wildman–Crippen LogP) is 9.90. The van der Waals surface area contributed by atoms with Gasteiger partial charge in [-0.2, -0.15) is 4.90 Å². The van der Waals surface area contributed by atoms with Crippen LogP contribution >= 0.6 is 0 Å².